The Hall–Kier alpha value is -1.06. The fourth-order valence-electron chi connectivity index (χ4n) is 1.20. The predicted octanol–water partition coefficient (Wildman–Crippen LogP) is 1.09. The van der Waals surface area contributed by atoms with Gasteiger partial charge in [0.2, 0.25) is 5.91 Å². The topological polar surface area (TPSA) is 41.1 Å². The average molecular weight is 213 g/mol. The Balaban J connectivity index is 2.62. The molecule has 1 aromatic carbocycles. The van der Waals surface area contributed by atoms with E-state index in [1.54, 1.807) is 7.05 Å². The Labute approximate surface area is 88.6 Å². The molecule has 0 aliphatic rings. The third-order valence-electron chi connectivity index (χ3n) is 1.98. The van der Waals surface area contributed by atoms with E-state index in [1.807, 2.05) is 30.3 Å². The molecule has 0 unspecified atom stereocenters. The SMILES string of the molecule is CNC(=O)[C@H](Cc1ccccc1)NCl. The van der Waals surface area contributed by atoms with Gasteiger partial charge in [-0.2, -0.15) is 0 Å². The van der Waals surface area contributed by atoms with Crippen LogP contribution in [-0.2, 0) is 11.2 Å². The van der Waals surface area contributed by atoms with Crippen LogP contribution < -0.4 is 10.2 Å². The first-order valence-corrected chi connectivity index (χ1v) is 4.77. The van der Waals surface area contributed by atoms with E-state index in [-0.39, 0.29) is 11.9 Å². The molecule has 2 N–H and O–H groups in total. The lowest BCUT2D eigenvalue weighted by atomic mass is 10.1. The van der Waals surface area contributed by atoms with Gasteiger partial charge < -0.3 is 5.32 Å². The van der Waals surface area contributed by atoms with Crippen LogP contribution >= 0.6 is 11.8 Å². The molecule has 0 saturated carbocycles. The zero-order chi connectivity index (χ0) is 10.4. The number of hydrogen-bond acceptors (Lipinski definition) is 2. The van der Waals surface area contributed by atoms with Crippen molar-refractivity contribution in [2.75, 3.05) is 7.05 Å². The minimum atomic E-state index is -0.385. The van der Waals surface area contributed by atoms with Crippen LogP contribution in [-0.4, -0.2) is 19.0 Å². The van der Waals surface area contributed by atoms with Gasteiger partial charge in [0.25, 0.3) is 0 Å². The second-order valence-corrected chi connectivity index (χ2v) is 3.18. The molecule has 0 aliphatic carbocycles. The summed E-state index contributed by atoms with van der Waals surface area (Å²) >= 11 is 5.48. The average Bonchev–Trinajstić information content (AvgIpc) is 2.26. The van der Waals surface area contributed by atoms with E-state index in [4.69, 9.17) is 11.8 Å². The summed E-state index contributed by atoms with van der Waals surface area (Å²) < 4.78 is 0. The lowest BCUT2D eigenvalue weighted by Gasteiger charge is -2.12. The molecule has 0 fully saturated rings. The van der Waals surface area contributed by atoms with Crippen molar-refractivity contribution >= 4 is 17.7 Å². The molecular formula is C10H13ClN2O. The predicted molar refractivity (Wildman–Crippen MR) is 57.0 cm³/mol. The standard InChI is InChI=1S/C10H13ClN2O/c1-12-10(14)9(13-11)7-8-5-3-2-4-6-8/h2-6,9,13H,7H2,1H3,(H,12,14)/t9-/m0/s1. The van der Waals surface area contributed by atoms with Gasteiger partial charge >= 0.3 is 0 Å². The van der Waals surface area contributed by atoms with E-state index in [1.165, 1.54) is 0 Å². The first-order chi connectivity index (χ1) is 6.77. The summed E-state index contributed by atoms with van der Waals surface area (Å²) in [4.78, 5) is 13.8. The van der Waals surface area contributed by atoms with Crippen molar-refractivity contribution in [3.8, 4) is 0 Å². The molecule has 0 spiro atoms. The smallest absolute Gasteiger partial charge is 0.238 e. The largest absolute Gasteiger partial charge is 0.358 e. The Morgan fingerprint density at radius 1 is 1.43 bits per heavy atom. The summed E-state index contributed by atoms with van der Waals surface area (Å²) in [7, 11) is 1.59. The number of benzene rings is 1. The molecule has 0 bridgehead atoms. The van der Waals surface area contributed by atoms with E-state index in [9.17, 15) is 4.79 Å². The number of carbonyl (C=O) groups is 1. The quantitative estimate of drug-likeness (QED) is 0.734. The molecule has 1 rings (SSSR count). The zero-order valence-corrected chi connectivity index (χ0v) is 8.71. The molecule has 0 heterocycles. The van der Waals surface area contributed by atoms with Crippen LogP contribution in [0.3, 0.4) is 0 Å². The molecule has 4 heteroatoms. The van der Waals surface area contributed by atoms with Crippen LogP contribution in [0.25, 0.3) is 0 Å². The van der Waals surface area contributed by atoms with Gasteiger partial charge in [0.15, 0.2) is 0 Å². The fraction of sp³-hybridized carbons (Fsp3) is 0.300. The minimum absolute atomic E-state index is 0.108. The van der Waals surface area contributed by atoms with Crippen LogP contribution in [0.4, 0.5) is 0 Å². The molecule has 3 nitrogen and oxygen atoms in total. The Kier molecular flexibility index (Phi) is 4.43. The maximum atomic E-state index is 11.3. The highest BCUT2D eigenvalue weighted by Crippen LogP contribution is 2.03. The number of amides is 1. The summed E-state index contributed by atoms with van der Waals surface area (Å²) in [6, 6.07) is 9.35. The molecule has 76 valence electrons. The number of carbonyl (C=O) groups excluding carboxylic acids is 1. The van der Waals surface area contributed by atoms with Crippen LogP contribution in [0.2, 0.25) is 0 Å². The highest BCUT2D eigenvalue weighted by atomic mass is 35.5. The van der Waals surface area contributed by atoms with Crippen molar-refractivity contribution < 1.29 is 4.79 Å². The van der Waals surface area contributed by atoms with E-state index < -0.39 is 0 Å². The van der Waals surface area contributed by atoms with Crippen LogP contribution in [0.15, 0.2) is 30.3 Å². The van der Waals surface area contributed by atoms with Crippen molar-refractivity contribution in [1.82, 2.24) is 10.2 Å². The van der Waals surface area contributed by atoms with Crippen molar-refractivity contribution in [3.05, 3.63) is 35.9 Å². The normalized spacial score (nSPS) is 12.1. The molecule has 1 atom stereocenters. The highest BCUT2D eigenvalue weighted by Gasteiger charge is 2.15. The molecule has 0 saturated heterocycles. The zero-order valence-electron chi connectivity index (χ0n) is 7.96. The molecule has 0 radical (unpaired) electrons. The minimum Gasteiger partial charge on any atom is -0.358 e. The highest BCUT2D eigenvalue weighted by molar-refractivity contribution is 6.15. The van der Waals surface area contributed by atoms with Gasteiger partial charge in [-0.15, -0.1) is 0 Å². The Bertz CT molecular complexity index is 289. The summed E-state index contributed by atoms with van der Waals surface area (Å²) in [5.41, 5.74) is 1.08. The lowest BCUT2D eigenvalue weighted by Crippen LogP contribution is -2.40. The third-order valence-corrected chi connectivity index (χ3v) is 2.24. The summed E-state index contributed by atoms with van der Waals surface area (Å²) in [5.74, 6) is -0.108. The molecule has 1 aromatic rings. The van der Waals surface area contributed by atoms with E-state index in [2.05, 4.69) is 10.2 Å². The lowest BCUT2D eigenvalue weighted by molar-refractivity contribution is -0.122. The van der Waals surface area contributed by atoms with Gasteiger partial charge in [-0.1, -0.05) is 30.3 Å². The Morgan fingerprint density at radius 3 is 2.57 bits per heavy atom. The second kappa shape index (κ2) is 5.62. The van der Waals surface area contributed by atoms with Crippen LogP contribution in [0.5, 0.6) is 0 Å². The van der Waals surface area contributed by atoms with E-state index in [0.717, 1.165) is 5.56 Å². The number of likely N-dealkylation sites (N-methyl/N-ethyl adjacent to an activating group) is 1. The maximum absolute atomic E-state index is 11.3. The molecular weight excluding hydrogens is 200 g/mol. The molecule has 0 aliphatic heterocycles. The second-order valence-electron chi connectivity index (χ2n) is 2.97. The number of rotatable bonds is 4. The van der Waals surface area contributed by atoms with Crippen molar-refractivity contribution in [2.45, 2.75) is 12.5 Å². The first-order valence-electron chi connectivity index (χ1n) is 4.39. The number of hydrogen-bond donors (Lipinski definition) is 2. The van der Waals surface area contributed by atoms with E-state index in [0.29, 0.717) is 6.42 Å². The van der Waals surface area contributed by atoms with Crippen LogP contribution in [0, 0.1) is 0 Å². The van der Waals surface area contributed by atoms with Gasteiger partial charge in [0, 0.05) is 7.05 Å². The monoisotopic (exact) mass is 212 g/mol. The van der Waals surface area contributed by atoms with Crippen molar-refractivity contribution in [2.24, 2.45) is 0 Å². The first kappa shape index (κ1) is 11.0. The molecule has 0 aromatic heterocycles. The van der Waals surface area contributed by atoms with E-state index >= 15 is 0 Å². The van der Waals surface area contributed by atoms with Crippen molar-refractivity contribution in [1.29, 1.82) is 0 Å². The van der Waals surface area contributed by atoms with Gasteiger partial charge in [-0.25, -0.2) is 4.84 Å². The Morgan fingerprint density at radius 2 is 2.07 bits per heavy atom. The molecule has 14 heavy (non-hydrogen) atoms. The summed E-state index contributed by atoms with van der Waals surface area (Å²) in [6.07, 6.45) is 0.587. The summed E-state index contributed by atoms with van der Waals surface area (Å²) in [5, 5.41) is 2.55. The maximum Gasteiger partial charge on any atom is 0.238 e. The summed E-state index contributed by atoms with van der Waals surface area (Å²) in [6.45, 7) is 0. The third kappa shape index (κ3) is 3.01. The number of halogens is 1. The van der Waals surface area contributed by atoms with Gasteiger partial charge in [-0.3, -0.25) is 4.79 Å². The fourth-order valence-corrected chi connectivity index (χ4v) is 1.38. The van der Waals surface area contributed by atoms with Gasteiger partial charge in [0.1, 0.15) is 6.04 Å². The van der Waals surface area contributed by atoms with Crippen molar-refractivity contribution in [3.63, 3.8) is 0 Å². The van der Waals surface area contributed by atoms with Crippen LogP contribution in [0.1, 0.15) is 5.56 Å². The molecule has 1 amide bonds. The van der Waals surface area contributed by atoms with Gasteiger partial charge in [-0.05, 0) is 23.8 Å². The van der Waals surface area contributed by atoms with Gasteiger partial charge in [0.05, 0.1) is 0 Å². The number of nitrogens with one attached hydrogen (secondary N) is 2.